The molecule has 0 aliphatic heterocycles. The van der Waals surface area contributed by atoms with Gasteiger partial charge in [-0.05, 0) is 31.5 Å². The smallest absolute Gasteiger partial charge is 0.319 e. The van der Waals surface area contributed by atoms with Crippen molar-refractivity contribution in [2.24, 2.45) is 0 Å². The summed E-state index contributed by atoms with van der Waals surface area (Å²) in [5.41, 5.74) is 1.06. The van der Waals surface area contributed by atoms with Gasteiger partial charge in [-0.2, -0.15) is 5.26 Å². The Morgan fingerprint density at radius 3 is 3.00 bits per heavy atom. The van der Waals surface area contributed by atoms with Crippen LogP contribution in [0.15, 0.2) is 24.3 Å². The van der Waals surface area contributed by atoms with Crippen molar-refractivity contribution in [3.63, 3.8) is 0 Å². The van der Waals surface area contributed by atoms with Crippen molar-refractivity contribution in [2.75, 3.05) is 11.9 Å². The number of amides is 2. The van der Waals surface area contributed by atoms with Crippen molar-refractivity contribution in [1.82, 2.24) is 5.32 Å². The number of carbonyl (C=O) groups is 1. The molecule has 0 fully saturated rings. The van der Waals surface area contributed by atoms with Gasteiger partial charge >= 0.3 is 6.03 Å². The first-order valence-corrected chi connectivity index (χ1v) is 5.35. The predicted octanol–water partition coefficient (Wildman–Crippen LogP) is 1.45. The summed E-state index contributed by atoms with van der Waals surface area (Å²) < 4.78 is 0. The molecule has 90 valence electrons. The minimum absolute atomic E-state index is 0.347. The largest absolute Gasteiger partial charge is 0.393 e. The molecule has 1 aromatic carbocycles. The molecule has 0 saturated heterocycles. The Morgan fingerprint density at radius 1 is 1.59 bits per heavy atom. The van der Waals surface area contributed by atoms with Crippen molar-refractivity contribution < 1.29 is 9.90 Å². The van der Waals surface area contributed by atoms with Gasteiger partial charge in [0.25, 0.3) is 0 Å². The fourth-order valence-corrected chi connectivity index (χ4v) is 1.24. The van der Waals surface area contributed by atoms with Crippen LogP contribution in [0.5, 0.6) is 0 Å². The van der Waals surface area contributed by atoms with Gasteiger partial charge in [0.15, 0.2) is 0 Å². The molecule has 17 heavy (non-hydrogen) atoms. The highest BCUT2D eigenvalue weighted by molar-refractivity contribution is 5.89. The number of rotatable bonds is 4. The molecule has 0 aromatic heterocycles. The van der Waals surface area contributed by atoms with Gasteiger partial charge in [0.2, 0.25) is 0 Å². The second-order valence-corrected chi connectivity index (χ2v) is 3.71. The normalized spacial score (nSPS) is 11.4. The third-order valence-corrected chi connectivity index (χ3v) is 2.10. The molecule has 0 aliphatic carbocycles. The number of hydrogen-bond acceptors (Lipinski definition) is 3. The number of nitrogens with zero attached hydrogens (tertiary/aromatic N) is 1. The summed E-state index contributed by atoms with van der Waals surface area (Å²) in [7, 11) is 0. The number of aliphatic hydroxyl groups excluding tert-OH is 1. The molecule has 0 aliphatic rings. The van der Waals surface area contributed by atoms with Crippen LogP contribution in [0.3, 0.4) is 0 Å². The summed E-state index contributed by atoms with van der Waals surface area (Å²) in [5.74, 6) is 0. The molecule has 1 rings (SSSR count). The third kappa shape index (κ3) is 5.00. The maximum atomic E-state index is 11.4. The molecule has 5 heteroatoms. The number of nitrogens with one attached hydrogen (secondary N) is 2. The zero-order chi connectivity index (χ0) is 12.7. The number of urea groups is 1. The SMILES string of the molecule is CC(O)CCNC(=O)Nc1cccc(C#N)c1. The minimum Gasteiger partial charge on any atom is -0.393 e. The lowest BCUT2D eigenvalue weighted by molar-refractivity contribution is 0.184. The van der Waals surface area contributed by atoms with Crippen LogP contribution in [0.2, 0.25) is 0 Å². The van der Waals surface area contributed by atoms with Crippen molar-refractivity contribution in [1.29, 1.82) is 5.26 Å². The minimum atomic E-state index is -0.433. The summed E-state index contributed by atoms with van der Waals surface area (Å²) in [6, 6.07) is 8.30. The van der Waals surface area contributed by atoms with Gasteiger partial charge in [0, 0.05) is 12.2 Å². The molecule has 0 radical (unpaired) electrons. The highest BCUT2D eigenvalue weighted by Gasteiger charge is 2.02. The molecule has 1 unspecified atom stereocenters. The number of nitriles is 1. The van der Waals surface area contributed by atoms with Crippen molar-refractivity contribution >= 4 is 11.7 Å². The Balaban J connectivity index is 2.43. The summed E-state index contributed by atoms with van der Waals surface area (Å²) >= 11 is 0. The van der Waals surface area contributed by atoms with Gasteiger partial charge in [-0.25, -0.2) is 4.79 Å². The van der Waals surface area contributed by atoms with Crippen molar-refractivity contribution in [2.45, 2.75) is 19.4 Å². The average Bonchev–Trinajstić information content (AvgIpc) is 2.28. The van der Waals surface area contributed by atoms with Crippen LogP contribution in [-0.2, 0) is 0 Å². The Bertz CT molecular complexity index is 424. The maximum Gasteiger partial charge on any atom is 0.319 e. The molecule has 0 bridgehead atoms. The molecule has 0 heterocycles. The number of hydrogen-bond donors (Lipinski definition) is 3. The van der Waals surface area contributed by atoms with E-state index in [9.17, 15) is 4.79 Å². The standard InChI is InChI=1S/C12H15N3O2/c1-9(16)5-6-14-12(17)15-11-4-2-3-10(7-11)8-13/h2-4,7,9,16H,5-6H2,1H3,(H2,14,15,17). The van der Waals surface area contributed by atoms with Gasteiger partial charge in [-0.3, -0.25) is 0 Å². The molecule has 1 aromatic rings. The summed E-state index contributed by atoms with van der Waals surface area (Å²) in [6.07, 6.45) is 0.0725. The van der Waals surface area contributed by atoms with Gasteiger partial charge in [0.05, 0.1) is 17.7 Å². The quantitative estimate of drug-likeness (QED) is 0.735. The Kier molecular flexibility index (Phi) is 4.98. The van der Waals surface area contributed by atoms with Crippen molar-refractivity contribution in [3.8, 4) is 6.07 Å². The summed E-state index contributed by atoms with van der Waals surface area (Å²) in [5, 5.41) is 22.9. The van der Waals surface area contributed by atoms with E-state index in [1.54, 1.807) is 31.2 Å². The first kappa shape index (κ1) is 13.0. The molecule has 0 spiro atoms. The number of carbonyl (C=O) groups excluding carboxylic acids is 1. The summed E-state index contributed by atoms with van der Waals surface area (Å²) in [6.45, 7) is 2.07. The maximum absolute atomic E-state index is 11.4. The highest BCUT2D eigenvalue weighted by Crippen LogP contribution is 2.09. The van der Waals surface area contributed by atoms with Crippen LogP contribution >= 0.6 is 0 Å². The van der Waals surface area contributed by atoms with E-state index in [1.165, 1.54) is 0 Å². The molecular weight excluding hydrogens is 218 g/mol. The Hall–Kier alpha value is -2.06. The van der Waals surface area contributed by atoms with E-state index in [1.807, 2.05) is 6.07 Å². The van der Waals surface area contributed by atoms with E-state index < -0.39 is 6.10 Å². The molecule has 3 N–H and O–H groups in total. The van der Waals surface area contributed by atoms with Crippen molar-refractivity contribution in [3.05, 3.63) is 29.8 Å². The molecule has 0 saturated carbocycles. The topological polar surface area (TPSA) is 85.2 Å². The van der Waals surface area contributed by atoms with Crippen LogP contribution in [0.1, 0.15) is 18.9 Å². The van der Waals surface area contributed by atoms with E-state index >= 15 is 0 Å². The second-order valence-electron chi connectivity index (χ2n) is 3.71. The first-order chi connectivity index (χ1) is 8.11. The number of aliphatic hydroxyl groups is 1. The van der Waals surface area contributed by atoms with Crippen LogP contribution in [0.25, 0.3) is 0 Å². The third-order valence-electron chi connectivity index (χ3n) is 2.10. The molecule has 1 atom stereocenters. The van der Waals surface area contributed by atoms with Crippen LogP contribution in [-0.4, -0.2) is 23.8 Å². The lowest BCUT2D eigenvalue weighted by Crippen LogP contribution is -2.30. The molecule has 5 nitrogen and oxygen atoms in total. The zero-order valence-electron chi connectivity index (χ0n) is 9.60. The van der Waals surface area contributed by atoms with E-state index in [-0.39, 0.29) is 6.03 Å². The van der Waals surface area contributed by atoms with E-state index in [2.05, 4.69) is 10.6 Å². The second kappa shape index (κ2) is 6.51. The Morgan fingerprint density at radius 2 is 2.35 bits per heavy atom. The molecule has 2 amide bonds. The van der Waals surface area contributed by atoms with Crippen LogP contribution < -0.4 is 10.6 Å². The van der Waals surface area contributed by atoms with Gasteiger partial charge < -0.3 is 15.7 Å². The van der Waals surface area contributed by atoms with E-state index in [0.717, 1.165) is 0 Å². The number of anilines is 1. The molecular formula is C12H15N3O2. The average molecular weight is 233 g/mol. The lowest BCUT2D eigenvalue weighted by atomic mass is 10.2. The first-order valence-electron chi connectivity index (χ1n) is 5.35. The monoisotopic (exact) mass is 233 g/mol. The predicted molar refractivity (Wildman–Crippen MR) is 64.5 cm³/mol. The zero-order valence-corrected chi connectivity index (χ0v) is 9.60. The van der Waals surface area contributed by atoms with E-state index in [0.29, 0.717) is 24.2 Å². The van der Waals surface area contributed by atoms with Crippen LogP contribution in [0, 0.1) is 11.3 Å². The van der Waals surface area contributed by atoms with Gasteiger partial charge in [0.1, 0.15) is 0 Å². The van der Waals surface area contributed by atoms with Gasteiger partial charge in [-0.1, -0.05) is 6.07 Å². The lowest BCUT2D eigenvalue weighted by Gasteiger charge is -2.08. The highest BCUT2D eigenvalue weighted by atomic mass is 16.3. The fraction of sp³-hybridized carbons (Fsp3) is 0.333. The van der Waals surface area contributed by atoms with E-state index in [4.69, 9.17) is 10.4 Å². The fourth-order valence-electron chi connectivity index (χ4n) is 1.24. The Labute approximate surface area is 100 Å². The number of benzene rings is 1. The van der Waals surface area contributed by atoms with Gasteiger partial charge in [-0.15, -0.1) is 0 Å². The van der Waals surface area contributed by atoms with Crippen LogP contribution in [0.4, 0.5) is 10.5 Å². The summed E-state index contributed by atoms with van der Waals surface area (Å²) in [4.78, 5) is 11.4.